The summed E-state index contributed by atoms with van der Waals surface area (Å²) in [7, 11) is 0. The maximum atomic E-state index is 12.2. The van der Waals surface area contributed by atoms with Gasteiger partial charge in [-0.25, -0.2) is 4.98 Å². The zero-order valence-corrected chi connectivity index (χ0v) is 16.0. The molecule has 0 unspecified atom stereocenters. The minimum absolute atomic E-state index is 0.116. The van der Waals surface area contributed by atoms with Crippen LogP contribution in [0, 0.1) is 0 Å². The first-order chi connectivity index (χ1) is 13.3. The number of benzene rings is 2. The molecular weight excluding hydrogens is 336 g/mol. The van der Waals surface area contributed by atoms with Gasteiger partial charge in [0.15, 0.2) is 0 Å². The van der Waals surface area contributed by atoms with E-state index in [1.807, 2.05) is 42.5 Å². The van der Waals surface area contributed by atoms with Crippen molar-refractivity contribution in [1.82, 2.24) is 9.97 Å². The summed E-state index contributed by atoms with van der Waals surface area (Å²) in [6.45, 7) is 2.99. The summed E-state index contributed by atoms with van der Waals surface area (Å²) < 4.78 is 5.83. The third kappa shape index (κ3) is 5.43. The minimum Gasteiger partial charge on any atom is -0.494 e. The number of nitrogens with one attached hydrogen (secondary N) is 1. The number of nitrogens with zero attached hydrogens (tertiary/aromatic N) is 1. The predicted molar refractivity (Wildman–Crippen MR) is 111 cm³/mol. The fourth-order valence-corrected chi connectivity index (χ4v) is 3.18. The van der Waals surface area contributed by atoms with Crippen LogP contribution in [-0.4, -0.2) is 16.6 Å². The van der Waals surface area contributed by atoms with Gasteiger partial charge in [0.2, 0.25) is 0 Å². The van der Waals surface area contributed by atoms with Gasteiger partial charge in [0, 0.05) is 5.56 Å². The SMILES string of the molecule is CCCCCCCCCOc1ccc(-c2nc3ccccc3c(=O)[nH]2)cc1. The standard InChI is InChI=1S/C23H28N2O2/c1-2-3-4-5-6-7-10-17-27-19-15-13-18(14-16-19)22-24-21-12-9-8-11-20(21)23(26)25-22/h8-9,11-16H,2-7,10,17H2,1H3,(H,24,25,26). The fourth-order valence-electron chi connectivity index (χ4n) is 3.18. The van der Waals surface area contributed by atoms with Gasteiger partial charge in [-0.3, -0.25) is 4.79 Å². The van der Waals surface area contributed by atoms with Gasteiger partial charge in [0.05, 0.1) is 17.5 Å². The lowest BCUT2D eigenvalue weighted by molar-refractivity contribution is 0.304. The average Bonchev–Trinajstić information content (AvgIpc) is 2.70. The molecule has 0 fully saturated rings. The van der Waals surface area contributed by atoms with Crippen LogP contribution in [0.25, 0.3) is 22.3 Å². The normalized spacial score (nSPS) is 11.0. The lowest BCUT2D eigenvalue weighted by Gasteiger charge is -2.08. The maximum Gasteiger partial charge on any atom is 0.259 e. The lowest BCUT2D eigenvalue weighted by Crippen LogP contribution is -2.09. The predicted octanol–water partition coefficient (Wildman–Crippen LogP) is 5.72. The molecule has 0 bridgehead atoms. The van der Waals surface area contributed by atoms with Gasteiger partial charge in [0.1, 0.15) is 11.6 Å². The summed E-state index contributed by atoms with van der Waals surface area (Å²) in [5.41, 5.74) is 1.46. The largest absolute Gasteiger partial charge is 0.494 e. The summed E-state index contributed by atoms with van der Waals surface area (Å²) in [5, 5.41) is 0.607. The molecule has 1 aromatic heterocycles. The van der Waals surface area contributed by atoms with E-state index in [1.54, 1.807) is 6.07 Å². The smallest absolute Gasteiger partial charge is 0.259 e. The number of para-hydroxylation sites is 1. The van der Waals surface area contributed by atoms with Crippen molar-refractivity contribution in [2.24, 2.45) is 0 Å². The molecule has 0 aliphatic rings. The van der Waals surface area contributed by atoms with E-state index in [2.05, 4.69) is 16.9 Å². The summed E-state index contributed by atoms with van der Waals surface area (Å²) in [5.74, 6) is 1.44. The van der Waals surface area contributed by atoms with Crippen LogP contribution in [0.15, 0.2) is 53.3 Å². The van der Waals surface area contributed by atoms with Crippen LogP contribution in [0.2, 0.25) is 0 Å². The molecule has 0 atom stereocenters. The number of fused-ring (bicyclic) bond motifs is 1. The van der Waals surface area contributed by atoms with Crippen LogP contribution < -0.4 is 10.3 Å². The molecule has 0 amide bonds. The van der Waals surface area contributed by atoms with Crippen LogP contribution in [0.5, 0.6) is 5.75 Å². The number of ether oxygens (including phenoxy) is 1. The Morgan fingerprint density at radius 3 is 2.37 bits per heavy atom. The van der Waals surface area contributed by atoms with Crippen molar-refractivity contribution in [3.8, 4) is 17.1 Å². The Balaban J connectivity index is 1.53. The Bertz CT molecular complexity index is 900. The van der Waals surface area contributed by atoms with E-state index in [4.69, 9.17) is 4.74 Å². The van der Waals surface area contributed by atoms with Crippen LogP contribution in [-0.2, 0) is 0 Å². The first-order valence-electron chi connectivity index (χ1n) is 10.00. The van der Waals surface area contributed by atoms with Crippen molar-refractivity contribution < 1.29 is 4.74 Å². The topological polar surface area (TPSA) is 55.0 Å². The first-order valence-corrected chi connectivity index (χ1v) is 10.00. The quantitative estimate of drug-likeness (QED) is 0.468. The van der Waals surface area contributed by atoms with E-state index in [0.717, 1.165) is 24.3 Å². The zero-order chi connectivity index (χ0) is 18.9. The van der Waals surface area contributed by atoms with Crippen molar-refractivity contribution in [2.75, 3.05) is 6.61 Å². The molecule has 0 saturated heterocycles. The van der Waals surface area contributed by atoms with Gasteiger partial charge in [0.25, 0.3) is 5.56 Å². The summed E-state index contributed by atoms with van der Waals surface area (Å²) in [6, 6.07) is 15.1. The number of rotatable bonds is 10. The fraction of sp³-hybridized carbons (Fsp3) is 0.391. The molecule has 4 heteroatoms. The third-order valence-corrected chi connectivity index (χ3v) is 4.76. The molecule has 2 aromatic carbocycles. The van der Waals surface area contributed by atoms with E-state index in [0.29, 0.717) is 16.7 Å². The lowest BCUT2D eigenvalue weighted by atomic mass is 10.1. The van der Waals surface area contributed by atoms with Crippen molar-refractivity contribution >= 4 is 10.9 Å². The van der Waals surface area contributed by atoms with Crippen molar-refractivity contribution in [3.05, 3.63) is 58.9 Å². The molecule has 27 heavy (non-hydrogen) atoms. The minimum atomic E-state index is -0.116. The Morgan fingerprint density at radius 2 is 1.59 bits per heavy atom. The molecular formula is C23H28N2O2. The highest BCUT2D eigenvalue weighted by Crippen LogP contribution is 2.20. The van der Waals surface area contributed by atoms with Gasteiger partial charge >= 0.3 is 0 Å². The van der Waals surface area contributed by atoms with Gasteiger partial charge in [-0.1, -0.05) is 57.6 Å². The highest BCUT2D eigenvalue weighted by atomic mass is 16.5. The third-order valence-electron chi connectivity index (χ3n) is 4.76. The highest BCUT2D eigenvalue weighted by Gasteiger charge is 2.05. The van der Waals surface area contributed by atoms with Gasteiger partial charge in [-0.2, -0.15) is 0 Å². The summed E-state index contributed by atoms with van der Waals surface area (Å²) in [4.78, 5) is 19.6. The molecule has 0 aliphatic heterocycles. The molecule has 0 saturated carbocycles. The molecule has 0 spiro atoms. The maximum absolute atomic E-state index is 12.2. The number of unbranched alkanes of at least 4 members (excludes halogenated alkanes) is 6. The van der Waals surface area contributed by atoms with Crippen molar-refractivity contribution in [3.63, 3.8) is 0 Å². The monoisotopic (exact) mass is 364 g/mol. The van der Waals surface area contributed by atoms with E-state index in [9.17, 15) is 4.79 Å². The molecule has 4 nitrogen and oxygen atoms in total. The summed E-state index contributed by atoms with van der Waals surface area (Å²) >= 11 is 0. The number of aromatic nitrogens is 2. The van der Waals surface area contributed by atoms with E-state index >= 15 is 0 Å². The number of hydrogen-bond donors (Lipinski definition) is 1. The molecule has 1 heterocycles. The second-order valence-electron chi connectivity index (χ2n) is 6.93. The van der Waals surface area contributed by atoms with E-state index in [1.165, 1.54) is 38.5 Å². The molecule has 3 aromatic rings. The average molecular weight is 364 g/mol. The van der Waals surface area contributed by atoms with Crippen LogP contribution in [0.1, 0.15) is 51.9 Å². The summed E-state index contributed by atoms with van der Waals surface area (Å²) in [6.07, 6.45) is 8.94. The molecule has 0 aliphatic carbocycles. The zero-order valence-electron chi connectivity index (χ0n) is 16.0. The number of H-pyrrole nitrogens is 1. The van der Waals surface area contributed by atoms with Crippen LogP contribution in [0.4, 0.5) is 0 Å². The second kappa shape index (κ2) is 9.91. The number of hydrogen-bond acceptors (Lipinski definition) is 3. The number of aromatic amines is 1. The molecule has 142 valence electrons. The van der Waals surface area contributed by atoms with E-state index < -0.39 is 0 Å². The van der Waals surface area contributed by atoms with Crippen LogP contribution >= 0.6 is 0 Å². The highest BCUT2D eigenvalue weighted by molar-refractivity contribution is 5.79. The van der Waals surface area contributed by atoms with Crippen LogP contribution in [0.3, 0.4) is 0 Å². The van der Waals surface area contributed by atoms with Gasteiger partial charge in [-0.15, -0.1) is 0 Å². The molecule has 3 rings (SSSR count). The second-order valence-corrected chi connectivity index (χ2v) is 6.93. The molecule has 1 N–H and O–H groups in total. The van der Waals surface area contributed by atoms with Crippen molar-refractivity contribution in [2.45, 2.75) is 51.9 Å². The Labute approximate surface area is 160 Å². The van der Waals surface area contributed by atoms with Gasteiger partial charge < -0.3 is 9.72 Å². The van der Waals surface area contributed by atoms with E-state index in [-0.39, 0.29) is 5.56 Å². The Morgan fingerprint density at radius 1 is 0.889 bits per heavy atom. The Kier molecular flexibility index (Phi) is 7.03. The van der Waals surface area contributed by atoms with Crippen molar-refractivity contribution in [1.29, 1.82) is 0 Å². The Hall–Kier alpha value is -2.62. The van der Waals surface area contributed by atoms with Gasteiger partial charge in [-0.05, 0) is 42.8 Å². The molecule has 0 radical (unpaired) electrons. The first kappa shape index (κ1) is 19.2.